The van der Waals surface area contributed by atoms with Gasteiger partial charge in [0.25, 0.3) is 5.91 Å². The Bertz CT molecular complexity index is 793. The molecule has 0 aliphatic carbocycles. The molecule has 0 aromatic heterocycles. The minimum absolute atomic E-state index is 0.0541. The molecule has 0 radical (unpaired) electrons. The number of hydrogen-bond donors (Lipinski definition) is 0. The van der Waals surface area contributed by atoms with Crippen LogP contribution >= 0.6 is 0 Å². The van der Waals surface area contributed by atoms with E-state index >= 15 is 0 Å². The number of rotatable bonds is 10. The van der Waals surface area contributed by atoms with Crippen LogP contribution in [0.15, 0.2) is 42.5 Å². The van der Waals surface area contributed by atoms with E-state index in [2.05, 4.69) is 23.5 Å². The lowest BCUT2D eigenvalue weighted by molar-refractivity contribution is -0.0512. The molecule has 0 saturated carbocycles. The summed E-state index contributed by atoms with van der Waals surface area (Å²) in [6.07, 6.45) is 0. The van der Waals surface area contributed by atoms with Gasteiger partial charge in [0.05, 0.1) is 7.11 Å². The topological polar surface area (TPSA) is 42.0 Å². The van der Waals surface area contributed by atoms with Gasteiger partial charge in [0.15, 0.2) is 11.5 Å². The molecule has 0 aliphatic rings. The van der Waals surface area contributed by atoms with E-state index in [9.17, 15) is 13.6 Å². The van der Waals surface area contributed by atoms with Crippen molar-refractivity contribution >= 4 is 5.91 Å². The molecule has 29 heavy (non-hydrogen) atoms. The molecule has 2 aromatic carbocycles. The van der Waals surface area contributed by atoms with E-state index in [1.54, 1.807) is 19.2 Å². The number of ether oxygens (including phenoxy) is 2. The largest absolute Gasteiger partial charge is 0.493 e. The van der Waals surface area contributed by atoms with Crippen LogP contribution in [-0.2, 0) is 13.1 Å². The highest BCUT2D eigenvalue weighted by atomic mass is 19.3. The smallest absolute Gasteiger partial charge is 0.387 e. The van der Waals surface area contributed by atoms with E-state index in [-0.39, 0.29) is 24.0 Å². The second-order valence-electron chi connectivity index (χ2n) is 6.68. The fourth-order valence-electron chi connectivity index (χ4n) is 3.03. The fourth-order valence-corrected chi connectivity index (χ4v) is 3.03. The molecule has 158 valence electrons. The van der Waals surface area contributed by atoms with E-state index in [0.29, 0.717) is 11.1 Å². The standard InChI is InChI=1S/C22H28F2N2O3/c1-5-26(6-2)15-16-7-10-18(11-8-16)21(27)25(3)14-17-9-12-19(28-4)20(13-17)29-22(23)24/h7-13,22H,5-6,14-15H2,1-4H3. The monoisotopic (exact) mass is 406 g/mol. The first-order valence-electron chi connectivity index (χ1n) is 9.56. The number of methoxy groups -OCH3 is 1. The van der Waals surface area contributed by atoms with Crippen molar-refractivity contribution in [2.45, 2.75) is 33.5 Å². The van der Waals surface area contributed by atoms with Crippen molar-refractivity contribution in [3.63, 3.8) is 0 Å². The van der Waals surface area contributed by atoms with Crippen molar-refractivity contribution in [2.75, 3.05) is 27.2 Å². The van der Waals surface area contributed by atoms with Gasteiger partial charge in [-0.2, -0.15) is 8.78 Å². The van der Waals surface area contributed by atoms with Gasteiger partial charge in [0, 0.05) is 25.7 Å². The molecule has 0 bridgehead atoms. The van der Waals surface area contributed by atoms with Crippen molar-refractivity contribution < 1.29 is 23.0 Å². The summed E-state index contributed by atoms with van der Waals surface area (Å²) >= 11 is 0. The molecule has 0 fully saturated rings. The molecule has 0 heterocycles. The molecular formula is C22H28F2N2O3. The van der Waals surface area contributed by atoms with Gasteiger partial charge in [-0.3, -0.25) is 9.69 Å². The Morgan fingerprint density at radius 3 is 2.14 bits per heavy atom. The SMILES string of the molecule is CCN(CC)Cc1ccc(C(=O)N(C)Cc2ccc(OC)c(OC(F)F)c2)cc1. The maximum Gasteiger partial charge on any atom is 0.387 e. The molecule has 2 rings (SSSR count). The third-order valence-corrected chi connectivity index (χ3v) is 4.71. The second-order valence-corrected chi connectivity index (χ2v) is 6.68. The van der Waals surface area contributed by atoms with Crippen LogP contribution in [0.5, 0.6) is 11.5 Å². The number of amides is 1. The highest BCUT2D eigenvalue weighted by molar-refractivity contribution is 5.94. The van der Waals surface area contributed by atoms with Crippen LogP contribution in [-0.4, -0.2) is 49.6 Å². The van der Waals surface area contributed by atoms with Crippen molar-refractivity contribution in [3.05, 3.63) is 59.2 Å². The Morgan fingerprint density at radius 2 is 1.59 bits per heavy atom. The number of benzene rings is 2. The zero-order valence-corrected chi connectivity index (χ0v) is 17.3. The van der Waals surface area contributed by atoms with Crippen molar-refractivity contribution in [2.24, 2.45) is 0 Å². The summed E-state index contributed by atoms with van der Waals surface area (Å²) in [5.41, 5.74) is 2.39. The fraction of sp³-hybridized carbons (Fsp3) is 0.409. The molecule has 7 heteroatoms. The number of alkyl halides is 2. The normalized spacial score (nSPS) is 11.0. The van der Waals surface area contributed by atoms with Gasteiger partial charge < -0.3 is 14.4 Å². The van der Waals surface area contributed by atoms with Crippen molar-refractivity contribution in [1.29, 1.82) is 0 Å². The summed E-state index contributed by atoms with van der Waals surface area (Å²) < 4.78 is 34.7. The molecular weight excluding hydrogens is 378 g/mol. The predicted octanol–water partition coefficient (Wildman–Crippen LogP) is 4.41. The third kappa shape index (κ3) is 6.42. The minimum atomic E-state index is -2.95. The average Bonchev–Trinajstić information content (AvgIpc) is 2.71. The summed E-state index contributed by atoms with van der Waals surface area (Å²) in [4.78, 5) is 16.6. The van der Waals surface area contributed by atoms with Crippen LogP contribution in [0.4, 0.5) is 8.78 Å². The molecule has 0 aliphatic heterocycles. The first-order chi connectivity index (χ1) is 13.9. The molecule has 5 nitrogen and oxygen atoms in total. The number of carbonyl (C=O) groups excluding carboxylic acids is 1. The second kappa shape index (κ2) is 10.8. The lowest BCUT2D eigenvalue weighted by Gasteiger charge is -2.20. The Morgan fingerprint density at radius 1 is 0.966 bits per heavy atom. The molecule has 0 saturated heterocycles. The number of nitrogens with zero attached hydrogens (tertiary/aromatic N) is 2. The Kier molecular flexibility index (Phi) is 8.39. The van der Waals surface area contributed by atoms with Gasteiger partial charge in [-0.1, -0.05) is 32.0 Å². The van der Waals surface area contributed by atoms with Crippen LogP contribution in [0.1, 0.15) is 35.3 Å². The molecule has 0 atom stereocenters. The van der Waals surface area contributed by atoms with Gasteiger partial charge in [-0.15, -0.1) is 0 Å². The highest BCUT2D eigenvalue weighted by Gasteiger charge is 2.15. The maximum absolute atomic E-state index is 12.7. The summed E-state index contributed by atoms with van der Waals surface area (Å²) in [6, 6.07) is 12.3. The van der Waals surface area contributed by atoms with Crippen LogP contribution in [0.2, 0.25) is 0 Å². The summed E-state index contributed by atoms with van der Waals surface area (Å²) in [7, 11) is 3.05. The quantitative estimate of drug-likeness (QED) is 0.586. The van der Waals surface area contributed by atoms with Gasteiger partial charge in [-0.25, -0.2) is 0 Å². The lowest BCUT2D eigenvalue weighted by atomic mass is 10.1. The van der Waals surface area contributed by atoms with Crippen molar-refractivity contribution in [3.8, 4) is 11.5 Å². The van der Waals surface area contributed by atoms with E-state index < -0.39 is 6.61 Å². The number of carbonyl (C=O) groups is 1. The maximum atomic E-state index is 12.7. The van der Waals surface area contributed by atoms with E-state index in [4.69, 9.17) is 4.74 Å². The Labute approximate surface area is 170 Å². The van der Waals surface area contributed by atoms with Crippen LogP contribution in [0.3, 0.4) is 0 Å². The molecule has 1 amide bonds. The van der Waals surface area contributed by atoms with Gasteiger partial charge in [0.1, 0.15) is 0 Å². The van der Waals surface area contributed by atoms with Crippen LogP contribution in [0.25, 0.3) is 0 Å². The lowest BCUT2D eigenvalue weighted by Crippen LogP contribution is -2.26. The first-order valence-corrected chi connectivity index (χ1v) is 9.56. The first kappa shape index (κ1) is 22.6. The Hall–Kier alpha value is -2.67. The van der Waals surface area contributed by atoms with Gasteiger partial charge in [-0.05, 0) is 48.5 Å². The van der Waals surface area contributed by atoms with E-state index in [1.807, 2.05) is 24.3 Å². The third-order valence-electron chi connectivity index (χ3n) is 4.71. The average molecular weight is 406 g/mol. The van der Waals surface area contributed by atoms with Crippen LogP contribution < -0.4 is 9.47 Å². The molecule has 0 unspecified atom stereocenters. The highest BCUT2D eigenvalue weighted by Crippen LogP contribution is 2.30. The molecule has 0 spiro atoms. The number of halogens is 2. The summed E-state index contributed by atoms with van der Waals surface area (Å²) in [5.74, 6) is 0.0139. The minimum Gasteiger partial charge on any atom is -0.493 e. The Balaban J connectivity index is 2.06. The zero-order chi connectivity index (χ0) is 21.4. The molecule has 2 aromatic rings. The van der Waals surface area contributed by atoms with Crippen LogP contribution in [0, 0.1) is 0 Å². The molecule has 0 N–H and O–H groups in total. The summed E-state index contributed by atoms with van der Waals surface area (Å²) in [6.45, 7) is 4.33. The van der Waals surface area contributed by atoms with Crippen molar-refractivity contribution in [1.82, 2.24) is 9.80 Å². The zero-order valence-electron chi connectivity index (χ0n) is 17.3. The number of hydrogen-bond acceptors (Lipinski definition) is 4. The van der Waals surface area contributed by atoms with E-state index in [0.717, 1.165) is 25.2 Å². The van der Waals surface area contributed by atoms with Gasteiger partial charge >= 0.3 is 6.61 Å². The summed E-state index contributed by atoms with van der Waals surface area (Å²) in [5, 5.41) is 0. The van der Waals surface area contributed by atoms with Gasteiger partial charge in [0.2, 0.25) is 0 Å². The predicted molar refractivity (Wildman–Crippen MR) is 108 cm³/mol. The van der Waals surface area contributed by atoms with E-state index in [1.165, 1.54) is 18.1 Å².